The first-order valence-electron chi connectivity index (χ1n) is 10.9. The molecule has 31 heavy (non-hydrogen) atoms. The van der Waals surface area contributed by atoms with Crippen molar-refractivity contribution in [3.05, 3.63) is 121 Å². The molecule has 0 radical (unpaired) electrons. The van der Waals surface area contributed by atoms with E-state index in [1.165, 1.54) is 21.2 Å². The Morgan fingerprint density at radius 3 is 0.903 bits per heavy atom. The maximum absolute atomic E-state index is 3.76. The highest BCUT2D eigenvalue weighted by molar-refractivity contribution is 7.73. The second-order valence-electron chi connectivity index (χ2n) is 7.40. The zero-order chi connectivity index (χ0) is 21.1. The molecular formula is C28H29NP2. The summed E-state index contributed by atoms with van der Waals surface area (Å²) in [7, 11) is -0.655. The molecule has 0 saturated carbocycles. The molecule has 1 nitrogen and oxygen atoms in total. The first-order valence-corrected chi connectivity index (χ1v) is 13.9. The summed E-state index contributed by atoms with van der Waals surface area (Å²) in [5, 5.41) is 9.60. The molecule has 0 amide bonds. The second kappa shape index (κ2) is 11.9. The lowest BCUT2D eigenvalue weighted by molar-refractivity contribution is 0.771. The van der Waals surface area contributed by atoms with E-state index < -0.39 is 0 Å². The normalized spacial score (nSPS) is 11.2. The van der Waals surface area contributed by atoms with E-state index >= 15 is 0 Å². The summed E-state index contributed by atoms with van der Waals surface area (Å²) in [6.07, 6.45) is 2.33. The molecule has 0 atom stereocenters. The average Bonchev–Trinajstić information content (AvgIpc) is 2.86. The lowest BCUT2D eigenvalue weighted by Crippen LogP contribution is -2.27. The fourth-order valence-electron chi connectivity index (χ4n) is 3.75. The van der Waals surface area contributed by atoms with E-state index in [9.17, 15) is 0 Å². The molecule has 0 spiro atoms. The molecule has 1 N–H and O–H groups in total. The van der Waals surface area contributed by atoms with Crippen molar-refractivity contribution in [3.63, 3.8) is 0 Å². The van der Waals surface area contributed by atoms with Crippen LogP contribution in [0.5, 0.6) is 0 Å². The van der Waals surface area contributed by atoms with E-state index in [1.54, 1.807) is 0 Å². The van der Waals surface area contributed by atoms with Gasteiger partial charge in [0, 0.05) is 0 Å². The van der Waals surface area contributed by atoms with E-state index in [-0.39, 0.29) is 15.8 Å². The van der Waals surface area contributed by atoms with Crippen LogP contribution in [0.1, 0.15) is 0 Å². The SMILES string of the molecule is c1ccc(P(CCNCCP(c2ccccc2)c2ccccc2)c2ccccc2)cc1. The standard InChI is InChI=1S/C28H29NP2/c1-5-13-25(14-6-1)30(26-15-7-2-8-16-26)23-21-29-22-24-31(27-17-9-3-10-18-27)28-19-11-4-12-20-28/h1-20,29H,21-24H2. The Bertz CT molecular complexity index is 844. The Morgan fingerprint density at radius 2 is 0.645 bits per heavy atom. The van der Waals surface area contributed by atoms with Gasteiger partial charge in [0.05, 0.1) is 0 Å². The lowest BCUT2D eigenvalue weighted by Gasteiger charge is -2.21. The zero-order valence-electron chi connectivity index (χ0n) is 17.8. The first-order chi connectivity index (χ1) is 15.4. The molecule has 0 aliphatic rings. The van der Waals surface area contributed by atoms with Crippen LogP contribution < -0.4 is 26.5 Å². The maximum atomic E-state index is 3.76. The van der Waals surface area contributed by atoms with Crippen molar-refractivity contribution in [2.45, 2.75) is 0 Å². The van der Waals surface area contributed by atoms with Gasteiger partial charge in [-0.2, -0.15) is 0 Å². The van der Waals surface area contributed by atoms with Crippen LogP contribution in [-0.2, 0) is 0 Å². The Kier molecular flexibility index (Phi) is 8.43. The Hall–Kier alpha value is -2.30. The minimum Gasteiger partial charge on any atom is -0.316 e. The number of nitrogens with one attached hydrogen (secondary N) is 1. The molecule has 0 fully saturated rings. The molecular weight excluding hydrogens is 412 g/mol. The lowest BCUT2D eigenvalue weighted by atomic mass is 10.4. The predicted molar refractivity (Wildman–Crippen MR) is 141 cm³/mol. The van der Waals surface area contributed by atoms with Gasteiger partial charge < -0.3 is 5.32 Å². The maximum Gasteiger partial charge on any atom is -0.000332 e. The summed E-state index contributed by atoms with van der Waals surface area (Å²) in [6.45, 7) is 2.09. The van der Waals surface area contributed by atoms with Crippen LogP contribution in [0.3, 0.4) is 0 Å². The first kappa shape index (κ1) is 21.9. The van der Waals surface area contributed by atoms with Crippen molar-refractivity contribution in [1.82, 2.24) is 5.32 Å². The van der Waals surface area contributed by atoms with Crippen LogP contribution in [0, 0.1) is 0 Å². The molecule has 4 rings (SSSR count). The van der Waals surface area contributed by atoms with E-state index in [4.69, 9.17) is 0 Å². The minimum atomic E-state index is -0.328. The van der Waals surface area contributed by atoms with Gasteiger partial charge in [0.25, 0.3) is 0 Å². The molecule has 4 aromatic rings. The molecule has 0 aliphatic heterocycles. The summed E-state index contributed by atoms with van der Waals surface area (Å²) in [4.78, 5) is 0. The van der Waals surface area contributed by atoms with Gasteiger partial charge in [-0.3, -0.25) is 0 Å². The molecule has 0 saturated heterocycles. The van der Waals surface area contributed by atoms with Crippen molar-refractivity contribution in [1.29, 1.82) is 0 Å². The van der Waals surface area contributed by atoms with Crippen molar-refractivity contribution >= 4 is 37.1 Å². The Morgan fingerprint density at radius 1 is 0.387 bits per heavy atom. The van der Waals surface area contributed by atoms with Crippen LogP contribution in [0.2, 0.25) is 0 Å². The van der Waals surface area contributed by atoms with Crippen LogP contribution >= 0.6 is 15.8 Å². The average molecular weight is 441 g/mol. The summed E-state index contributed by atoms with van der Waals surface area (Å²) in [5.74, 6) is 0. The molecule has 0 heterocycles. The zero-order valence-corrected chi connectivity index (χ0v) is 19.6. The van der Waals surface area contributed by atoms with Gasteiger partial charge in [-0.05, 0) is 62.5 Å². The molecule has 3 heteroatoms. The van der Waals surface area contributed by atoms with Gasteiger partial charge >= 0.3 is 0 Å². The van der Waals surface area contributed by atoms with E-state index in [1.807, 2.05) is 0 Å². The molecule has 0 bridgehead atoms. The van der Waals surface area contributed by atoms with Crippen molar-refractivity contribution < 1.29 is 0 Å². The number of hydrogen-bond acceptors (Lipinski definition) is 1. The summed E-state index contributed by atoms with van der Waals surface area (Å²) < 4.78 is 0. The van der Waals surface area contributed by atoms with Crippen molar-refractivity contribution in [2.75, 3.05) is 25.4 Å². The molecule has 0 aliphatic carbocycles. The summed E-state index contributed by atoms with van der Waals surface area (Å²) >= 11 is 0. The van der Waals surface area contributed by atoms with Gasteiger partial charge in [-0.1, -0.05) is 121 Å². The van der Waals surface area contributed by atoms with Crippen LogP contribution in [-0.4, -0.2) is 25.4 Å². The van der Waals surface area contributed by atoms with E-state index in [0.717, 1.165) is 25.4 Å². The largest absolute Gasteiger partial charge is 0.316 e. The molecule has 4 aromatic carbocycles. The minimum absolute atomic E-state index is 0.328. The van der Waals surface area contributed by atoms with Crippen molar-refractivity contribution in [2.24, 2.45) is 0 Å². The quantitative estimate of drug-likeness (QED) is 0.274. The third kappa shape index (κ3) is 6.34. The molecule has 0 unspecified atom stereocenters. The van der Waals surface area contributed by atoms with Gasteiger partial charge in [-0.15, -0.1) is 0 Å². The van der Waals surface area contributed by atoms with Gasteiger partial charge in [0.15, 0.2) is 0 Å². The number of rotatable bonds is 10. The predicted octanol–water partition coefficient (Wildman–Crippen LogP) is 4.84. The third-order valence-corrected chi connectivity index (χ3v) is 10.3. The van der Waals surface area contributed by atoms with Crippen molar-refractivity contribution in [3.8, 4) is 0 Å². The fourth-order valence-corrected chi connectivity index (χ4v) is 8.27. The van der Waals surface area contributed by atoms with Gasteiger partial charge in [-0.25, -0.2) is 0 Å². The number of hydrogen-bond donors (Lipinski definition) is 1. The van der Waals surface area contributed by atoms with Crippen LogP contribution in [0.4, 0.5) is 0 Å². The topological polar surface area (TPSA) is 12.0 Å². The highest BCUT2D eigenvalue weighted by Crippen LogP contribution is 2.34. The smallest absolute Gasteiger partial charge is 0.000332 e. The Labute approximate surface area is 189 Å². The summed E-state index contributed by atoms with van der Waals surface area (Å²) in [5.41, 5.74) is 0. The Balaban J connectivity index is 1.37. The monoisotopic (exact) mass is 441 g/mol. The molecule has 156 valence electrons. The van der Waals surface area contributed by atoms with E-state index in [2.05, 4.69) is 127 Å². The van der Waals surface area contributed by atoms with Crippen LogP contribution in [0.25, 0.3) is 0 Å². The fraction of sp³-hybridized carbons (Fsp3) is 0.143. The summed E-state index contributed by atoms with van der Waals surface area (Å²) in [6, 6.07) is 44.0. The second-order valence-corrected chi connectivity index (χ2v) is 12.1. The third-order valence-electron chi connectivity index (χ3n) is 5.30. The van der Waals surface area contributed by atoms with Gasteiger partial charge in [0.1, 0.15) is 0 Å². The highest BCUT2D eigenvalue weighted by atomic mass is 31.1. The van der Waals surface area contributed by atoms with E-state index in [0.29, 0.717) is 0 Å². The van der Waals surface area contributed by atoms with Crippen LogP contribution in [0.15, 0.2) is 121 Å². The number of benzene rings is 4. The highest BCUT2D eigenvalue weighted by Gasteiger charge is 2.15. The molecule has 0 aromatic heterocycles. The van der Waals surface area contributed by atoms with Gasteiger partial charge in [0.2, 0.25) is 0 Å².